The molecule has 0 spiro atoms. The second-order valence-electron chi connectivity index (χ2n) is 3.11. The average Bonchev–Trinajstić information content (AvgIpc) is 2.02. The predicted octanol–water partition coefficient (Wildman–Crippen LogP) is 2.02. The normalized spacial score (nSPS) is 16.0. The first-order valence-corrected chi connectivity index (χ1v) is 4.25. The molecule has 2 nitrogen and oxygen atoms in total. The Morgan fingerprint density at radius 2 is 2.00 bits per heavy atom. The van der Waals surface area contributed by atoms with Gasteiger partial charge < -0.3 is 0 Å². The van der Waals surface area contributed by atoms with Crippen LogP contribution in [0.1, 0.15) is 33.6 Å². The van der Waals surface area contributed by atoms with Crippen molar-refractivity contribution in [3.05, 3.63) is 0 Å². The summed E-state index contributed by atoms with van der Waals surface area (Å²) in [5.41, 5.74) is 0. The van der Waals surface area contributed by atoms with E-state index in [2.05, 4.69) is 24.8 Å². The van der Waals surface area contributed by atoms with Crippen molar-refractivity contribution in [2.24, 2.45) is 0 Å². The molecule has 0 aliphatic heterocycles. The maximum absolute atomic E-state index is 8.63. The molecule has 0 heterocycles. The minimum absolute atomic E-state index is 0.0385. The van der Waals surface area contributed by atoms with Crippen LogP contribution >= 0.6 is 0 Å². The molecule has 0 radical (unpaired) electrons. The zero-order valence-corrected chi connectivity index (χ0v) is 7.96. The van der Waals surface area contributed by atoms with Crippen LogP contribution in [0.5, 0.6) is 0 Å². The summed E-state index contributed by atoms with van der Waals surface area (Å²) in [6.45, 7) is 6.27. The van der Waals surface area contributed by atoms with Gasteiger partial charge >= 0.3 is 0 Å². The lowest BCUT2D eigenvalue weighted by Gasteiger charge is -2.26. The predicted molar refractivity (Wildman–Crippen MR) is 47.2 cm³/mol. The fourth-order valence-corrected chi connectivity index (χ4v) is 1.09. The van der Waals surface area contributed by atoms with E-state index in [1.165, 1.54) is 12.8 Å². The number of hydrogen-bond acceptors (Lipinski definition) is 2. The summed E-state index contributed by atoms with van der Waals surface area (Å²) in [6, 6.07) is 2.79. The van der Waals surface area contributed by atoms with Gasteiger partial charge in [0.2, 0.25) is 0 Å². The van der Waals surface area contributed by atoms with Gasteiger partial charge in [-0.25, -0.2) is 0 Å². The summed E-state index contributed by atoms with van der Waals surface area (Å²) in [5, 5.41) is 8.63. The molecule has 0 aromatic rings. The van der Waals surface area contributed by atoms with Gasteiger partial charge in [-0.2, -0.15) is 5.26 Å². The summed E-state index contributed by atoms with van der Waals surface area (Å²) >= 11 is 0. The maximum Gasteiger partial charge on any atom is 0.0949 e. The van der Waals surface area contributed by atoms with Crippen LogP contribution in [0, 0.1) is 11.3 Å². The highest BCUT2D eigenvalue weighted by atomic mass is 15.1. The van der Waals surface area contributed by atoms with Crippen molar-refractivity contribution in [2.75, 3.05) is 7.05 Å². The first kappa shape index (κ1) is 10.4. The van der Waals surface area contributed by atoms with Crippen LogP contribution in [-0.2, 0) is 0 Å². The van der Waals surface area contributed by atoms with Crippen LogP contribution in [0.15, 0.2) is 0 Å². The Morgan fingerprint density at radius 1 is 1.45 bits per heavy atom. The molecule has 2 heteroatoms. The monoisotopic (exact) mass is 154 g/mol. The van der Waals surface area contributed by atoms with Gasteiger partial charge in [0.25, 0.3) is 0 Å². The lowest BCUT2D eigenvalue weighted by atomic mass is 10.1. The van der Waals surface area contributed by atoms with E-state index in [1.807, 2.05) is 14.0 Å². The van der Waals surface area contributed by atoms with Gasteiger partial charge in [0, 0.05) is 6.04 Å². The molecular formula is C9H18N2. The Hall–Kier alpha value is -0.550. The van der Waals surface area contributed by atoms with Crippen LogP contribution in [0.3, 0.4) is 0 Å². The van der Waals surface area contributed by atoms with E-state index >= 15 is 0 Å². The van der Waals surface area contributed by atoms with Gasteiger partial charge in [0.15, 0.2) is 0 Å². The number of rotatable bonds is 4. The van der Waals surface area contributed by atoms with E-state index < -0.39 is 0 Å². The van der Waals surface area contributed by atoms with Gasteiger partial charge in [0.1, 0.15) is 0 Å². The highest BCUT2D eigenvalue weighted by Gasteiger charge is 2.13. The minimum atomic E-state index is 0.0385. The molecule has 0 amide bonds. The van der Waals surface area contributed by atoms with Crippen molar-refractivity contribution in [1.29, 1.82) is 5.26 Å². The number of hydrogen-bond donors (Lipinski definition) is 0. The average molecular weight is 154 g/mol. The summed E-state index contributed by atoms with van der Waals surface area (Å²) in [7, 11) is 2.01. The smallest absolute Gasteiger partial charge is 0.0949 e. The molecule has 0 bridgehead atoms. The zero-order chi connectivity index (χ0) is 8.85. The Labute approximate surface area is 69.8 Å². The second kappa shape index (κ2) is 5.15. The summed E-state index contributed by atoms with van der Waals surface area (Å²) in [6.07, 6.45) is 2.35. The number of nitrogens with zero attached hydrogens (tertiary/aromatic N) is 2. The molecule has 0 aliphatic rings. The van der Waals surface area contributed by atoms with Crippen molar-refractivity contribution >= 4 is 0 Å². The lowest BCUT2D eigenvalue weighted by Crippen LogP contribution is -2.35. The Bertz CT molecular complexity index is 137. The van der Waals surface area contributed by atoms with Crippen LogP contribution in [-0.4, -0.2) is 24.0 Å². The van der Waals surface area contributed by atoms with Crippen LogP contribution in [0.2, 0.25) is 0 Å². The van der Waals surface area contributed by atoms with Crippen LogP contribution in [0.25, 0.3) is 0 Å². The molecule has 0 aromatic heterocycles. The molecule has 2 unspecified atom stereocenters. The third kappa shape index (κ3) is 3.38. The van der Waals surface area contributed by atoms with Crippen LogP contribution < -0.4 is 0 Å². The topological polar surface area (TPSA) is 27.0 Å². The Balaban J connectivity index is 3.82. The van der Waals surface area contributed by atoms with Crippen molar-refractivity contribution < 1.29 is 0 Å². The van der Waals surface area contributed by atoms with E-state index in [4.69, 9.17) is 5.26 Å². The molecule has 0 saturated carbocycles. The highest BCUT2D eigenvalue weighted by molar-refractivity contribution is 4.88. The first-order chi connectivity index (χ1) is 5.13. The van der Waals surface area contributed by atoms with Gasteiger partial charge in [-0.15, -0.1) is 0 Å². The van der Waals surface area contributed by atoms with Crippen molar-refractivity contribution in [1.82, 2.24) is 4.90 Å². The lowest BCUT2D eigenvalue weighted by molar-refractivity contribution is 0.219. The molecule has 11 heavy (non-hydrogen) atoms. The molecule has 0 aliphatic carbocycles. The fraction of sp³-hybridized carbons (Fsp3) is 0.889. The minimum Gasteiger partial charge on any atom is -0.289 e. The molecule has 0 saturated heterocycles. The van der Waals surface area contributed by atoms with Crippen LogP contribution in [0.4, 0.5) is 0 Å². The molecule has 0 fully saturated rings. The molecule has 0 N–H and O–H groups in total. The van der Waals surface area contributed by atoms with Gasteiger partial charge in [0.05, 0.1) is 12.1 Å². The SMILES string of the molecule is CCCC(C)N(C)C(C)C#N. The van der Waals surface area contributed by atoms with Gasteiger partial charge in [-0.3, -0.25) is 4.90 Å². The molecular weight excluding hydrogens is 136 g/mol. The molecule has 2 atom stereocenters. The first-order valence-electron chi connectivity index (χ1n) is 4.25. The second-order valence-corrected chi connectivity index (χ2v) is 3.11. The standard InChI is InChI=1S/C9H18N2/c1-5-6-8(2)11(4)9(3)7-10/h8-9H,5-6H2,1-4H3. The Morgan fingerprint density at radius 3 is 2.36 bits per heavy atom. The summed E-state index contributed by atoms with van der Waals surface area (Å²) in [4.78, 5) is 2.11. The van der Waals surface area contributed by atoms with Gasteiger partial charge in [-0.1, -0.05) is 13.3 Å². The highest BCUT2D eigenvalue weighted by Crippen LogP contribution is 2.06. The van der Waals surface area contributed by atoms with E-state index in [0.717, 1.165) is 0 Å². The number of nitriles is 1. The van der Waals surface area contributed by atoms with E-state index in [9.17, 15) is 0 Å². The van der Waals surface area contributed by atoms with E-state index in [0.29, 0.717) is 6.04 Å². The summed E-state index contributed by atoms with van der Waals surface area (Å²) < 4.78 is 0. The molecule has 64 valence electrons. The third-order valence-electron chi connectivity index (χ3n) is 2.20. The molecule has 0 rings (SSSR count). The fourth-order valence-electron chi connectivity index (χ4n) is 1.09. The quantitative estimate of drug-likeness (QED) is 0.619. The van der Waals surface area contributed by atoms with E-state index in [-0.39, 0.29) is 6.04 Å². The van der Waals surface area contributed by atoms with E-state index in [1.54, 1.807) is 0 Å². The largest absolute Gasteiger partial charge is 0.289 e. The van der Waals surface area contributed by atoms with Crippen molar-refractivity contribution in [3.63, 3.8) is 0 Å². The van der Waals surface area contributed by atoms with Gasteiger partial charge in [-0.05, 0) is 27.3 Å². The molecule has 0 aromatic carbocycles. The Kier molecular flexibility index (Phi) is 4.89. The maximum atomic E-state index is 8.63. The zero-order valence-electron chi connectivity index (χ0n) is 7.96. The van der Waals surface area contributed by atoms with Crippen molar-refractivity contribution in [3.8, 4) is 6.07 Å². The third-order valence-corrected chi connectivity index (χ3v) is 2.20. The summed E-state index contributed by atoms with van der Waals surface area (Å²) in [5.74, 6) is 0. The van der Waals surface area contributed by atoms with Crippen molar-refractivity contribution in [2.45, 2.75) is 45.7 Å².